The van der Waals surface area contributed by atoms with Crippen LogP contribution in [-0.4, -0.2) is 25.8 Å². The van der Waals surface area contributed by atoms with Gasteiger partial charge in [0.15, 0.2) is 11.5 Å². The topological polar surface area (TPSA) is 30.5 Å². The Kier molecular flexibility index (Phi) is 6.37. The summed E-state index contributed by atoms with van der Waals surface area (Å²) in [5.41, 5.74) is 1.19. The predicted molar refractivity (Wildman–Crippen MR) is 87.3 cm³/mol. The highest BCUT2D eigenvalue weighted by Crippen LogP contribution is 2.31. The van der Waals surface area contributed by atoms with E-state index in [0.29, 0.717) is 6.04 Å². The van der Waals surface area contributed by atoms with Crippen LogP contribution in [0.4, 0.5) is 0 Å². The molecular weight excluding hydrogens is 262 g/mol. The molecule has 1 aliphatic carbocycles. The maximum atomic E-state index is 6.35. The summed E-state index contributed by atoms with van der Waals surface area (Å²) in [4.78, 5) is 0. The van der Waals surface area contributed by atoms with Gasteiger partial charge in [0.2, 0.25) is 0 Å². The van der Waals surface area contributed by atoms with E-state index in [1.165, 1.54) is 37.7 Å². The Labute approximate surface area is 129 Å². The van der Waals surface area contributed by atoms with Crippen LogP contribution in [0.15, 0.2) is 18.2 Å². The van der Waals surface area contributed by atoms with E-state index in [-0.39, 0.29) is 6.10 Å². The zero-order valence-electron chi connectivity index (χ0n) is 13.7. The molecule has 2 rings (SSSR count). The van der Waals surface area contributed by atoms with E-state index < -0.39 is 0 Å². The van der Waals surface area contributed by atoms with Gasteiger partial charge >= 0.3 is 0 Å². The van der Waals surface area contributed by atoms with Gasteiger partial charge in [0.1, 0.15) is 6.10 Å². The zero-order chi connectivity index (χ0) is 15.1. The fourth-order valence-electron chi connectivity index (χ4n) is 3.12. The highest BCUT2D eigenvalue weighted by atomic mass is 16.5. The molecule has 0 saturated heterocycles. The molecule has 1 saturated carbocycles. The second kappa shape index (κ2) is 8.28. The summed E-state index contributed by atoms with van der Waals surface area (Å²) < 4.78 is 11.8. The number of benzene rings is 1. The summed E-state index contributed by atoms with van der Waals surface area (Å²) >= 11 is 0. The molecule has 0 heterocycles. The Bertz CT molecular complexity index is 433. The second-order valence-corrected chi connectivity index (χ2v) is 5.97. The SMILES string of the molecule is CCNC1CCCCCCC1Oc1ccc(C)cc1OC. The molecule has 1 aliphatic rings. The first-order chi connectivity index (χ1) is 10.2. The average molecular weight is 291 g/mol. The first-order valence-corrected chi connectivity index (χ1v) is 8.29. The van der Waals surface area contributed by atoms with Crippen molar-refractivity contribution in [3.05, 3.63) is 23.8 Å². The molecule has 1 aromatic rings. The highest BCUT2D eigenvalue weighted by Gasteiger charge is 2.24. The summed E-state index contributed by atoms with van der Waals surface area (Å²) in [6, 6.07) is 6.61. The Morgan fingerprint density at radius 2 is 1.86 bits per heavy atom. The van der Waals surface area contributed by atoms with Crippen molar-refractivity contribution in [3.8, 4) is 11.5 Å². The molecule has 3 nitrogen and oxygen atoms in total. The molecule has 0 aliphatic heterocycles. The summed E-state index contributed by atoms with van der Waals surface area (Å²) in [5.74, 6) is 1.71. The van der Waals surface area contributed by atoms with Gasteiger partial charge in [-0.2, -0.15) is 0 Å². The Morgan fingerprint density at radius 1 is 1.10 bits per heavy atom. The Hall–Kier alpha value is -1.22. The van der Waals surface area contributed by atoms with Crippen molar-refractivity contribution in [1.29, 1.82) is 0 Å². The van der Waals surface area contributed by atoms with Crippen LogP contribution in [-0.2, 0) is 0 Å². The van der Waals surface area contributed by atoms with Crippen molar-refractivity contribution in [2.45, 2.75) is 64.5 Å². The van der Waals surface area contributed by atoms with Crippen LogP contribution in [0, 0.1) is 6.92 Å². The summed E-state index contributed by atoms with van der Waals surface area (Å²) in [5, 5.41) is 3.61. The maximum Gasteiger partial charge on any atom is 0.161 e. The minimum Gasteiger partial charge on any atom is -0.493 e. The van der Waals surface area contributed by atoms with E-state index in [2.05, 4.69) is 25.2 Å². The normalized spacial score (nSPS) is 23.2. The first kappa shape index (κ1) is 16.2. The lowest BCUT2D eigenvalue weighted by Gasteiger charge is -2.31. The van der Waals surface area contributed by atoms with Gasteiger partial charge in [-0.25, -0.2) is 0 Å². The molecular formula is C18H29NO2. The van der Waals surface area contributed by atoms with Crippen LogP contribution >= 0.6 is 0 Å². The molecule has 0 amide bonds. The van der Waals surface area contributed by atoms with Gasteiger partial charge in [-0.05, 0) is 50.4 Å². The van der Waals surface area contributed by atoms with Crippen molar-refractivity contribution in [2.24, 2.45) is 0 Å². The van der Waals surface area contributed by atoms with E-state index >= 15 is 0 Å². The van der Waals surface area contributed by atoms with Crippen LogP contribution in [0.3, 0.4) is 0 Å². The van der Waals surface area contributed by atoms with Gasteiger partial charge in [0.25, 0.3) is 0 Å². The molecule has 21 heavy (non-hydrogen) atoms. The van der Waals surface area contributed by atoms with E-state index in [1.807, 2.05) is 12.1 Å². The lowest BCUT2D eigenvalue weighted by atomic mass is 9.94. The van der Waals surface area contributed by atoms with Gasteiger partial charge in [-0.3, -0.25) is 0 Å². The van der Waals surface area contributed by atoms with Crippen molar-refractivity contribution < 1.29 is 9.47 Å². The van der Waals surface area contributed by atoms with Crippen LogP contribution < -0.4 is 14.8 Å². The summed E-state index contributed by atoms with van der Waals surface area (Å²) in [7, 11) is 1.71. The van der Waals surface area contributed by atoms with Crippen molar-refractivity contribution in [2.75, 3.05) is 13.7 Å². The van der Waals surface area contributed by atoms with Gasteiger partial charge in [0, 0.05) is 6.04 Å². The van der Waals surface area contributed by atoms with Crippen molar-refractivity contribution >= 4 is 0 Å². The number of hydrogen-bond acceptors (Lipinski definition) is 3. The smallest absolute Gasteiger partial charge is 0.161 e. The van der Waals surface area contributed by atoms with Crippen molar-refractivity contribution in [1.82, 2.24) is 5.32 Å². The molecule has 1 N–H and O–H groups in total. The highest BCUT2D eigenvalue weighted by molar-refractivity contribution is 5.42. The molecule has 0 spiro atoms. The molecule has 1 aromatic carbocycles. The van der Waals surface area contributed by atoms with Crippen LogP contribution in [0.1, 0.15) is 51.0 Å². The van der Waals surface area contributed by atoms with E-state index in [1.54, 1.807) is 7.11 Å². The molecule has 2 atom stereocenters. The maximum absolute atomic E-state index is 6.35. The average Bonchev–Trinajstić information content (AvgIpc) is 2.47. The molecule has 118 valence electrons. The number of rotatable bonds is 5. The minimum atomic E-state index is 0.238. The van der Waals surface area contributed by atoms with Gasteiger partial charge in [-0.15, -0.1) is 0 Å². The number of aryl methyl sites for hydroxylation is 1. The van der Waals surface area contributed by atoms with Crippen LogP contribution in [0.5, 0.6) is 11.5 Å². The fourth-order valence-corrected chi connectivity index (χ4v) is 3.12. The predicted octanol–water partition coefficient (Wildman–Crippen LogP) is 4.08. The monoisotopic (exact) mass is 291 g/mol. The zero-order valence-corrected chi connectivity index (χ0v) is 13.7. The van der Waals surface area contributed by atoms with E-state index in [0.717, 1.165) is 24.5 Å². The molecule has 0 aromatic heterocycles. The lowest BCUT2D eigenvalue weighted by molar-refractivity contribution is 0.124. The van der Waals surface area contributed by atoms with E-state index in [9.17, 15) is 0 Å². The molecule has 1 fully saturated rings. The third-order valence-corrected chi connectivity index (χ3v) is 4.27. The van der Waals surface area contributed by atoms with Gasteiger partial charge in [0.05, 0.1) is 7.11 Å². The molecule has 0 radical (unpaired) electrons. The van der Waals surface area contributed by atoms with Crippen molar-refractivity contribution in [3.63, 3.8) is 0 Å². The quantitative estimate of drug-likeness (QED) is 0.886. The number of hydrogen-bond donors (Lipinski definition) is 1. The largest absolute Gasteiger partial charge is 0.493 e. The molecule has 2 unspecified atom stereocenters. The summed E-state index contributed by atoms with van der Waals surface area (Å²) in [6.07, 6.45) is 7.78. The summed E-state index contributed by atoms with van der Waals surface area (Å²) in [6.45, 7) is 5.24. The lowest BCUT2D eigenvalue weighted by Crippen LogP contribution is -2.43. The number of ether oxygens (including phenoxy) is 2. The fraction of sp³-hybridized carbons (Fsp3) is 0.667. The van der Waals surface area contributed by atoms with E-state index in [4.69, 9.17) is 9.47 Å². The molecule has 0 bridgehead atoms. The number of likely N-dealkylation sites (N-methyl/N-ethyl adjacent to an activating group) is 1. The Balaban J connectivity index is 2.12. The van der Waals surface area contributed by atoms with Gasteiger partial charge < -0.3 is 14.8 Å². The second-order valence-electron chi connectivity index (χ2n) is 5.97. The number of methoxy groups -OCH3 is 1. The number of nitrogens with one attached hydrogen (secondary N) is 1. The Morgan fingerprint density at radius 3 is 2.57 bits per heavy atom. The minimum absolute atomic E-state index is 0.238. The third-order valence-electron chi connectivity index (χ3n) is 4.27. The van der Waals surface area contributed by atoms with Crippen LogP contribution in [0.25, 0.3) is 0 Å². The van der Waals surface area contributed by atoms with Crippen LogP contribution in [0.2, 0.25) is 0 Å². The molecule has 3 heteroatoms. The standard InChI is InChI=1S/C18H29NO2/c1-4-19-15-9-7-5-6-8-10-16(15)21-17-12-11-14(2)13-18(17)20-3/h11-13,15-16,19H,4-10H2,1-3H3. The first-order valence-electron chi connectivity index (χ1n) is 8.29. The van der Waals surface area contributed by atoms with Gasteiger partial charge in [-0.1, -0.05) is 32.3 Å². The third kappa shape index (κ3) is 4.63.